The molecule has 0 bridgehead atoms. The third-order valence-corrected chi connectivity index (χ3v) is 5.16. The average Bonchev–Trinajstić information content (AvgIpc) is 3.40. The molecule has 1 amide bonds. The topological polar surface area (TPSA) is 63.1 Å². The molecule has 0 radical (unpaired) electrons. The van der Waals surface area contributed by atoms with Gasteiger partial charge in [0.1, 0.15) is 11.6 Å². The lowest BCUT2D eigenvalue weighted by Gasteiger charge is -2.28. The second-order valence-corrected chi connectivity index (χ2v) is 7.04. The first-order valence-corrected chi connectivity index (χ1v) is 9.22. The number of amides is 1. The van der Waals surface area contributed by atoms with Crippen LogP contribution in [0.5, 0.6) is 0 Å². The van der Waals surface area contributed by atoms with Gasteiger partial charge in [-0.3, -0.25) is 9.69 Å². The molecule has 132 valence electrons. The van der Waals surface area contributed by atoms with Gasteiger partial charge in [-0.25, -0.2) is 0 Å². The zero-order valence-electron chi connectivity index (χ0n) is 14.7. The molecule has 1 N–H and O–H groups in total. The predicted octanol–water partition coefficient (Wildman–Crippen LogP) is 1.92. The van der Waals surface area contributed by atoms with Crippen LogP contribution >= 0.6 is 0 Å². The molecule has 1 aromatic heterocycles. The fourth-order valence-electron chi connectivity index (χ4n) is 3.65. The predicted molar refractivity (Wildman–Crippen MR) is 94.7 cm³/mol. The van der Waals surface area contributed by atoms with Crippen molar-refractivity contribution in [3.05, 3.63) is 47.5 Å². The van der Waals surface area contributed by atoms with Gasteiger partial charge in [0, 0.05) is 19.5 Å². The summed E-state index contributed by atoms with van der Waals surface area (Å²) in [7, 11) is 0. The largest absolute Gasteiger partial charge is 0.348 e. The van der Waals surface area contributed by atoms with Crippen LogP contribution in [0.4, 0.5) is 0 Å². The van der Waals surface area contributed by atoms with Gasteiger partial charge >= 0.3 is 0 Å². The van der Waals surface area contributed by atoms with Crippen LogP contribution in [0, 0.1) is 5.92 Å². The highest BCUT2D eigenvalue weighted by Crippen LogP contribution is 2.40. The minimum Gasteiger partial charge on any atom is -0.348 e. The van der Waals surface area contributed by atoms with Gasteiger partial charge in [-0.1, -0.05) is 37.3 Å². The summed E-state index contributed by atoms with van der Waals surface area (Å²) >= 11 is 0. The summed E-state index contributed by atoms with van der Waals surface area (Å²) in [6, 6.07) is 10.5. The first kappa shape index (κ1) is 16.3. The van der Waals surface area contributed by atoms with Crippen molar-refractivity contribution in [1.82, 2.24) is 25.0 Å². The molecule has 1 aliphatic heterocycles. The Morgan fingerprint density at radius 1 is 1.24 bits per heavy atom. The van der Waals surface area contributed by atoms with E-state index in [1.54, 1.807) is 0 Å². The molecule has 2 aliphatic rings. The van der Waals surface area contributed by atoms with Gasteiger partial charge in [0.05, 0.1) is 19.1 Å². The van der Waals surface area contributed by atoms with E-state index in [-0.39, 0.29) is 11.9 Å². The average molecular weight is 339 g/mol. The summed E-state index contributed by atoms with van der Waals surface area (Å²) in [6.45, 7) is 4.94. The molecule has 6 nitrogen and oxygen atoms in total. The van der Waals surface area contributed by atoms with Crippen molar-refractivity contribution >= 4 is 5.91 Å². The maximum atomic E-state index is 12.6. The minimum absolute atomic E-state index is 0.101. The number of benzene rings is 1. The van der Waals surface area contributed by atoms with Crippen molar-refractivity contribution in [3.8, 4) is 0 Å². The van der Waals surface area contributed by atoms with E-state index in [9.17, 15) is 4.79 Å². The number of carbonyl (C=O) groups is 1. The number of nitrogens with zero attached hydrogens (tertiary/aromatic N) is 4. The minimum atomic E-state index is 0.101. The molecule has 6 heteroatoms. The second kappa shape index (κ2) is 6.96. The quantitative estimate of drug-likeness (QED) is 0.873. The van der Waals surface area contributed by atoms with Crippen molar-refractivity contribution in [1.29, 1.82) is 0 Å². The Morgan fingerprint density at radius 3 is 2.76 bits per heavy atom. The first-order chi connectivity index (χ1) is 12.2. The zero-order valence-corrected chi connectivity index (χ0v) is 14.7. The van der Waals surface area contributed by atoms with E-state index in [1.807, 2.05) is 18.2 Å². The number of aryl methyl sites for hydroxylation is 1. The third-order valence-electron chi connectivity index (χ3n) is 5.16. The summed E-state index contributed by atoms with van der Waals surface area (Å²) in [6.07, 6.45) is 3.30. The van der Waals surface area contributed by atoms with Crippen molar-refractivity contribution < 1.29 is 4.79 Å². The highest BCUT2D eigenvalue weighted by atomic mass is 16.2. The second-order valence-electron chi connectivity index (χ2n) is 7.04. The molecule has 25 heavy (non-hydrogen) atoms. The van der Waals surface area contributed by atoms with Crippen LogP contribution in [0.25, 0.3) is 0 Å². The number of aromatic nitrogens is 3. The summed E-state index contributed by atoms with van der Waals surface area (Å²) in [4.78, 5) is 14.8. The van der Waals surface area contributed by atoms with E-state index in [0.717, 1.165) is 31.2 Å². The Morgan fingerprint density at radius 2 is 2.04 bits per heavy atom. The lowest BCUT2D eigenvalue weighted by molar-refractivity contribution is -0.123. The number of carbonyl (C=O) groups excluding carboxylic acids is 1. The number of rotatable bonds is 6. The van der Waals surface area contributed by atoms with Crippen molar-refractivity contribution in [2.75, 3.05) is 13.1 Å². The summed E-state index contributed by atoms with van der Waals surface area (Å²) in [5, 5.41) is 11.8. The van der Waals surface area contributed by atoms with Crippen molar-refractivity contribution in [3.63, 3.8) is 0 Å². The molecule has 1 aromatic carbocycles. The molecule has 1 fully saturated rings. The normalized spacial score (nSPS) is 18.6. The van der Waals surface area contributed by atoms with Gasteiger partial charge in [0.2, 0.25) is 5.91 Å². The third kappa shape index (κ3) is 3.58. The molecular formula is C19H25N5O. The zero-order chi connectivity index (χ0) is 17.2. The Bertz CT molecular complexity index is 738. The molecular weight excluding hydrogens is 314 g/mol. The summed E-state index contributed by atoms with van der Waals surface area (Å²) in [5.41, 5.74) is 1.21. The maximum absolute atomic E-state index is 12.6. The maximum Gasteiger partial charge on any atom is 0.234 e. The van der Waals surface area contributed by atoms with Gasteiger partial charge in [-0.15, -0.1) is 10.2 Å². The van der Waals surface area contributed by atoms with E-state index < -0.39 is 0 Å². The highest BCUT2D eigenvalue weighted by molar-refractivity contribution is 5.78. The van der Waals surface area contributed by atoms with Crippen molar-refractivity contribution in [2.24, 2.45) is 5.92 Å². The number of nitrogens with one attached hydrogen (secondary N) is 1. The highest BCUT2D eigenvalue weighted by Gasteiger charge is 2.33. The van der Waals surface area contributed by atoms with Crippen molar-refractivity contribution in [2.45, 2.75) is 45.3 Å². The van der Waals surface area contributed by atoms with E-state index in [4.69, 9.17) is 0 Å². The van der Waals surface area contributed by atoms with Gasteiger partial charge in [0.25, 0.3) is 0 Å². The molecule has 1 aliphatic carbocycles. The van der Waals surface area contributed by atoms with Gasteiger partial charge in [-0.05, 0) is 24.3 Å². The Labute approximate surface area is 148 Å². The first-order valence-electron chi connectivity index (χ1n) is 9.22. The van der Waals surface area contributed by atoms with Crippen LogP contribution in [0.2, 0.25) is 0 Å². The van der Waals surface area contributed by atoms with Crippen LogP contribution in [-0.4, -0.2) is 38.7 Å². The van der Waals surface area contributed by atoms with E-state index in [0.29, 0.717) is 19.0 Å². The fourth-order valence-corrected chi connectivity index (χ4v) is 3.65. The molecule has 2 heterocycles. The van der Waals surface area contributed by atoms with E-state index in [1.165, 1.54) is 18.4 Å². The molecule has 2 aromatic rings. The molecule has 0 saturated heterocycles. The molecule has 1 atom stereocenters. The number of fused-ring (bicyclic) bond motifs is 1. The van der Waals surface area contributed by atoms with E-state index in [2.05, 4.69) is 44.0 Å². The Kier molecular flexibility index (Phi) is 4.53. The Hall–Kier alpha value is -2.21. The van der Waals surface area contributed by atoms with Gasteiger partial charge in [-0.2, -0.15) is 0 Å². The SMILES string of the molecule is CCc1nnc2n1CCN(CC(=O)N[C@H](c1ccccc1)C1CC1)C2. The molecule has 4 rings (SSSR count). The van der Waals surface area contributed by atoms with Crippen LogP contribution in [0.1, 0.15) is 43.0 Å². The monoisotopic (exact) mass is 339 g/mol. The standard InChI is InChI=1S/C19H25N5O/c1-2-16-21-22-17-12-23(10-11-24(16)17)13-18(25)20-19(15-8-9-15)14-6-4-3-5-7-14/h3-7,15,19H,2,8-13H2,1H3,(H,20,25)/t19-/m1/s1. The lowest BCUT2D eigenvalue weighted by atomic mass is 10.0. The van der Waals surface area contributed by atoms with Crippen LogP contribution < -0.4 is 5.32 Å². The number of hydrogen-bond donors (Lipinski definition) is 1. The van der Waals surface area contributed by atoms with Gasteiger partial charge < -0.3 is 9.88 Å². The van der Waals surface area contributed by atoms with Gasteiger partial charge in [0.15, 0.2) is 0 Å². The smallest absolute Gasteiger partial charge is 0.234 e. The van der Waals surface area contributed by atoms with E-state index >= 15 is 0 Å². The molecule has 0 unspecified atom stereocenters. The number of hydrogen-bond acceptors (Lipinski definition) is 4. The molecule has 1 saturated carbocycles. The molecule has 0 spiro atoms. The lowest BCUT2D eigenvalue weighted by Crippen LogP contribution is -2.42. The summed E-state index contributed by atoms with van der Waals surface area (Å²) < 4.78 is 2.19. The summed E-state index contributed by atoms with van der Waals surface area (Å²) in [5.74, 6) is 2.70. The fraction of sp³-hybridized carbons (Fsp3) is 0.526. The Balaban J connectivity index is 1.37. The van der Waals surface area contributed by atoms with Crippen LogP contribution in [-0.2, 0) is 24.3 Å². The van der Waals surface area contributed by atoms with Crippen LogP contribution in [0.15, 0.2) is 30.3 Å². The van der Waals surface area contributed by atoms with Crippen LogP contribution in [0.3, 0.4) is 0 Å².